The lowest BCUT2D eigenvalue weighted by atomic mass is 10.1. The molecule has 1 atom stereocenters. The molecule has 0 radical (unpaired) electrons. The fourth-order valence-electron chi connectivity index (χ4n) is 2.49. The lowest BCUT2D eigenvalue weighted by Gasteiger charge is -2.16. The van der Waals surface area contributed by atoms with Gasteiger partial charge in [-0.1, -0.05) is 30.3 Å². The monoisotopic (exact) mass is 254 g/mol. The van der Waals surface area contributed by atoms with Crippen LogP contribution in [0.1, 0.15) is 6.42 Å². The Kier molecular flexibility index (Phi) is 2.71. The molecule has 2 aromatic rings. The molecule has 0 aromatic heterocycles. The van der Waals surface area contributed by atoms with Crippen molar-refractivity contribution in [3.05, 3.63) is 42.5 Å². The second kappa shape index (κ2) is 4.39. The predicted octanol–water partition coefficient (Wildman–Crippen LogP) is 1.68. The van der Waals surface area contributed by atoms with Gasteiger partial charge in [-0.25, -0.2) is 0 Å². The molecule has 2 amide bonds. The van der Waals surface area contributed by atoms with Crippen molar-refractivity contribution in [2.75, 3.05) is 11.4 Å². The average Bonchev–Trinajstić information content (AvgIpc) is 2.80. The van der Waals surface area contributed by atoms with E-state index in [9.17, 15) is 9.59 Å². The SMILES string of the molecule is NC(=O)[C@@H]1CC(=O)N(c2ccc3ccccc3c2)C1. The van der Waals surface area contributed by atoms with E-state index in [0.29, 0.717) is 6.54 Å². The molecule has 1 heterocycles. The van der Waals surface area contributed by atoms with Crippen molar-refractivity contribution >= 4 is 28.3 Å². The fraction of sp³-hybridized carbons (Fsp3) is 0.200. The van der Waals surface area contributed by atoms with Crippen LogP contribution in [-0.4, -0.2) is 18.4 Å². The van der Waals surface area contributed by atoms with E-state index in [1.54, 1.807) is 4.90 Å². The maximum atomic E-state index is 11.9. The zero-order valence-corrected chi connectivity index (χ0v) is 10.4. The van der Waals surface area contributed by atoms with Crippen LogP contribution in [0.4, 0.5) is 5.69 Å². The van der Waals surface area contributed by atoms with E-state index in [4.69, 9.17) is 5.73 Å². The van der Waals surface area contributed by atoms with E-state index < -0.39 is 5.91 Å². The van der Waals surface area contributed by atoms with Crippen LogP contribution in [0.15, 0.2) is 42.5 Å². The smallest absolute Gasteiger partial charge is 0.227 e. The molecule has 1 aliphatic rings. The van der Waals surface area contributed by atoms with Crippen molar-refractivity contribution < 1.29 is 9.59 Å². The van der Waals surface area contributed by atoms with Crippen LogP contribution in [0.2, 0.25) is 0 Å². The Morgan fingerprint density at radius 3 is 2.58 bits per heavy atom. The Balaban J connectivity index is 1.96. The molecular formula is C15H14N2O2. The summed E-state index contributed by atoms with van der Waals surface area (Å²) in [6, 6.07) is 13.8. The van der Waals surface area contributed by atoms with Gasteiger partial charge < -0.3 is 10.6 Å². The molecule has 19 heavy (non-hydrogen) atoms. The van der Waals surface area contributed by atoms with E-state index in [0.717, 1.165) is 16.5 Å². The normalized spacial score (nSPS) is 19.1. The standard InChI is InChI=1S/C15H14N2O2/c16-15(19)12-8-14(18)17(9-12)13-6-5-10-3-1-2-4-11(10)7-13/h1-7,12H,8-9H2,(H2,16,19)/t12-/m1/s1. The summed E-state index contributed by atoms with van der Waals surface area (Å²) in [5.74, 6) is -0.824. The first-order valence-corrected chi connectivity index (χ1v) is 6.23. The van der Waals surface area contributed by atoms with Crippen molar-refractivity contribution in [1.29, 1.82) is 0 Å². The maximum Gasteiger partial charge on any atom is 0.227 e. The first kappa shape index (κ1) is 11.7. The van der Waals surface area contributed by atoms with E-state index in [2.05, 4.69) is 0 Å². The van der Waals surface area contributed by atoms with Crippen molar-refractivity contribution in [3.8, 4) is 0 Å². The molecule has 2 N–H and O–H groups in total. The number of anilines is 1. The number of hydrogen-bond donors (Lipinski definition) is 1. The van der Waals surface area contributed by atoms with Crippen LogP contribution in [0.3, 0.4) is 0 Å². The molecule has 0 aliphatic carbocycles. The number of benzene rings is 2. The lowest BCUT2D eigenvalue weighted by molar-refractivity contribution is -0.123. The Labute approximate surface area is 110 Å². The summed E-state index contributed by atoms with van der Waals surface area (Å²) in [4.78, 5) is 24.8. The zero-order chi connectivity index (χ0) is 13.4. The number of carbonyl (C=O) groups excluding carboxylic acids is 2. The highest BCUT2D eigenvalue weighted by molar-refractivity contribution is 6.01. The predicted molar refractivity (Wildman–Crippen MR) is 73.6 cm³/mol. The van der Waals surface area contributed by atoms with Crippen molar-refractivity contribution in [1.82, 2.24) is 0 Å². The number of nitrogens with two attached hydrogens (primary N) is 1. The fourth-order valence-corrected chi connectivity index (χ4v) is 2.49. The van der Waals surface area contributed by atoms with Gasteiger partial charge >= 0.3 is 0 Å². The third kappa shape index (κ3) is 2.05. The number of primary amides is 1. The minimum atomic E-state index is -0.406. The topological polar surface area (TPSA) is 63.4 Å². The summed E-state index contributed by atoms with van der Waals surface area (Å²) in [5, 5.41) is 2.21. The van der Waals surface area contributed by atoms with E-state index in [1.807, 2.05) is 42.5 Å². The second-order valence-corrected chi connectivity index (χ2v) is 4.84. The first-order chi connectivity index (χ1) is 9.15. The highest BCUT2D eigenvalue weighted by atomic mass is 16.2. The number of amides is 2. The van der Waals surface area contributed by atoms with E-state index in [-0.39, 0.29) is 18.2 Å². The van der Waals surface area contributed by atoms with E-state index >= 15 is 0 Å². The van der Waals surface area contributed by atoms with Gasteiger partial charge in [-0.15, -0.1) is 0 Å². The molecule has 1 saturated heterocycles. The van der Waals surface area contributed by atoms with Gasteiger partial charge in [0.1, 0.15) is 0 Å². The third-order valence-electron chi connectivity index (χ3n) is 3.57. The average molecular weight is 254 g/mol. The largest absolute Gasteiger partial charge is 0.369 e. The van der Waals surface area contributed by atoms with Crippen molar-refractivity contribution in [3.63, 3.8) is 0 Å². The van der Waals surface area contributed by atoms with Crippen molar-refractivity contribution in [2.45, 2.75) is 6.42 Å². The molecule has 4 nitrogen and oxygen atoms in total. The number of fused-ring (bicyclic) bond motifs is 1. The van der Waals surface area contributed by atoms with Gasteiger partial charge in [0.05, 0.1) is 5.92 Å². The second-order valence-electron chi connectivity index (χ2n) is 4.84. The summed E-state index contributed by atoms with van der Waals surface area (Å²) in [5.41, 5.74) is 6.10. The molecule has 1 fully saturated rings. The summed E-state index contributed by atoms with van der Waals surface area (Å²) < 4.78 is 0. The van der Waals surface area contributed by atoms with Crippen molar-refractivity contribution in [2.24, 2.45) is 11.7 Å². The van der Waals surface area contributed by atoms with Crippen LogP contribution < -0.4 is 10.6 Å². The van der Waals surface area contributed by atoms with Gasteiger partial charge in [0.25, 0.3) is 0 Å². The summed E-state index contributed by atoms with van der Waals surface area (Å²) in [6.07, 6.45) is 0.210. The van der Waals surface area contributed by atoms with Crippen LogP contribution in [-0.2, 0) is 9.59 Å². The number of rotatable bonds is 2. The number of hydrogen-bond acceptors (Lipinski definition) is 2. The van der Waals surface area contributed by atoms with Gasteiger partial charge in [0.15, 0.2) is 0 Å². The lowest BCUT2D eigenvalue weighted by Crippen LogP contribution is -2.28. The van der Waals surface area contributed by atoms with Gasteiger partial charge in [-0.2, -0.15) is 0 Å². The molecule has 2 aromatic carbocycles. The van der Waals surface area contributed by atoms with Gasteiger partial charge in [0, 0.05) is 18.7 Å². The molecule has 0 saturated carbocycles. The Hall–Kier alpha value is -2.36. The number of nitrogens with zero attached hydrogens (tertiary/aromatic N) is 1. The van der Waals surface area contributed by atoms with Crippen LogP contribution in [0, 0.1) is 5.92 Å². The molecule has 1 aliphatic heterocycles. The van der Waals surface area contributed by atoms with E-state index in [1.165, 1.54) is 0 Å². The Bertz CT molecular complexity index is 666. The van der Waals surface area contributed by atoms with Gasteiger partial charge in [-0.3, -0.25) is 9.59 Å². The molecule has 0 unspecified atom stereocenters. The molecule has 0 spiro atoms. The minimum absolute atomic E-state index is 0.0425. The summed E-state index contributed by atoms with van der Waals surface area (Å²) in [7, 11) is 0. The molecular weight excluding hydrogens is 240 g/mol. The van der Waals surface area contributed by atoms with Crippen LogP contribution >= 0.6 is 0 Å². The zero-order valence-electron chi connectivity index (χ0n) is 10.4. The van der Waals surface area contributed by atoms with Gasteiger partial charge in [-0.05, 0) is 22.9 Å². The van der Waals surface area contributed by atoms with Crippen LogP contribution in [0.5, 0.6) is 0 Å². The molecule has 3 rings (SSSR count). The quantitative estimate of drug-likeness (QED) is 0.886. The highest BCUT2D eigenvalue weighted by Crippen LogP contribution is 2.27. The molecule has 96 valence electrons. The minimum Gasteiger partial charge on any atom is -0.369 e. The number of carbonyl (C=O) groups is 2. The third-order valence-corrected chi connectivity index (χ3v) is 3.57. The highest BCUT2D eigenvalue weighted by Gasteiger charge is 2.33. The first-order valence-electron chi connectivity index (χ1n) is 6.23. The molecule has 4 heteroatoms. The van der Waals surface area contributed by atoms with Gasteiger partial charge in [0.2, 0.25) is 11.8 Å². The molecule has 0 bridgehead atoms. The summed E-state index contributed by atoms with van der Waals surface area (Å²) in [6.45, 7) is 0.381. The Morgan fingerprint density at radius 2 is 1.89 bits per heavy atom. The Morgan fingerprint density at radius 1 is 1.16 bits per heavy atom. The van der Waals surface area contributed by atoms with Crippen LogP contribution in [0.25, 0.3) is 10.8 Å². The summed E-state index contributed by atoms with van der Waals surface area (Å²) >= 11 is 0. The maximum absolute atomic E-state index is 11.9.